The van der Waals surface area contributed by atoms with Crippen LogP contribution in [-0.2, 0) is 11.3 Å². The van der Waals surface area contributed by atoms with Crippen molar-refractivity contribution in [2.45, 2.75) is 19.4 Å². The first-order valence-corrected chi connectivity index (χ1v) is 10.8. The minimum Gasteiger partial charge on any atom is -0.493 e. The molecule has 31 heavy (non-hydrogen) atoms. The molecule has 172 valence electrons. The van der Waals surface area contributed by atoms with Crippen LogP contribution in [0.25, 0.3) is 0 Å². The summed E-state index contributed by atoms with van der Waals surface area (Å²) in [6.45, 7) is 5.73. The van der Waals surface area contributed by atoms with Crippen LogP contribution in [0.2, 0.25) is 0 Å². The van der Waals surface area contributed by atoms with E-state index >= 15 is 0 Å². The number of hydrogen-bond donors (Lipinski definition) is 2. The zero-order valence-electron chi connectivity index (χ0n) is 19.1. The third kappa shape index (κ3) is 6.16. The maximum atomic E-state index is 11.7. The summed E-state index contributed by atoms with van der Waals surface area (Å²) in [5.74, 6) is 3.27. The molecule has 0 spiro atoms. The lowest BCUT2D eigenvalue weighted by atomic mass is 10.1. The summed E-state index contributed by atoms with van der Waals surface area (Å²) in [4.78, 5) is 20.8. The fourth-order valence-corrected chi connectivity index (χ4v) is 3.78. The summed E-state index contributed by atoms with van der Waals surface area (Å²) in [7, 11) is 6.68. The number of carbonyl (C=O) groups is 1. The molecule has 1 aliphatic carbocycles. The van der Waals surface area contributed by atoms with E-state index in [4.69, 9.17) is 14.2 Å². The maximum absolute atomic E-state index is 11.7. The van der Waals surface area contributed by atoms with Gasteiger partial charge in [-0.15, -0.1) is 0 Å². The summed E-state index contributed by atoms with van der Waals surface area (Å²) in [5.41, 5.74) is 1.12. The third-order valence-electron chi connectivity index (χ3n) is 5.67. The number of amides is 1. The van der Waals surface area contributed by atoms with E-state index in [2.05, 4.69) is 25.4 Å². The van der Waals surface area contributed by atoms with E-state index in [1.54, 1.807) is 28.4 Å². The van der Waals surface area contributed by atoms with Crippen molar-refractivity contribution < 1.29 is 19.0 Å². The first-order valence-electron chi connectivity index (χ1n) is 10.8. The van der Waals surface area contributed by atoms with Gasteiger partial charge in [0, 0.05) is 58.8 Å². The van der Waals surface area contributed by atoms with Crippen molar-refractivity contribution in [1.29, 1.82) is 0 Å². The van der Waals surface area contributed by atoms with Crippen LogP contribution in [0.1, 0.15) is 18.4 Å². The van der Waals surface area contributed by atoms with Crippen LogP contribution in [0, 0.1) is 5.92 Å². The van der Waals surface area contributed by atoms with E-state index in [9.17, 15) is 4.79 Å². The van der Waals surface area contributed by atoms with Gasteiger partial charge in [0.2, 0.25) is 11.7 Å². The number of guanidine groups is 1. The number of benzene rings is 1. The molecule has 3 rings (SSSR count). The highest BCUT2D eigenvalue weighted by atomic mass is 16.5. The molecule has 1 aromatic rings. The molecule has 0 bridgehead atoms. The van der Waals surface area contributed by atoms with Gasteiger partial charge in [0.25, 0.3) is 0 Å². The topological polar surface area (TPSA) is 87.7 Å². The van der Waals surface area contributed by atoms with Crippen LogP contribution in [0.5, 0.6) is 17.2 Å². The van der Waals surface area contributed by atoms with Crippen molar-refractivity contribution in [2.75, 3.05) is 67.6 Å². The molecule has 0 atom stereocenters. The van der Waals surface area contributed by atoms with E-state index < -0.39 is 0 Å². The van der Waals surface area contributed by atoms with E-state index in [0.29, 0.717) is 30.3 Å². The molecular weight excluding hydrogens is 398 g/mol. The van der Waals surface area contributed by atoms with Gasteiger partial charge in [0.15, 0.2) is 17.5 Å². The number of piperazine rings is 1. The molecule has 1 aromatic carbocycles. The van der Waals surface area contributed by atoms with Crippen LogP contribution in [0.15, 0.2) is 17.1 Å². The normalized spacial score (nSPS) is 17.3. The number of carbonyl (C=O) groups excluding carboxylic acids is 1. The Hall–Kier alpha value is -2.68. The molecule has 2 aliphatic rings. The minimum absolute atomic E-state index is 0.178. The zero-order chi connectivity index (χ0) is 22.2. The first-order chi connectivity index (χ1) is 15.1. The van der Waals surface area contributed by atoms with Gasteiger partial charge in [-0.3, -0.25) is 14.7 Å². The van der Waals surface area contributed by atoms with Gasteiger partial charge in [-0.1, -0.05) is 0 Å². The second kappa shape index (κ2) is 11.1. The summed E-state index contributed by atoms with van der Waals surface area (Å²) in [6.07, 6.45) is 2.06. The quantitative estimate of drug-likeness (QED) is 0.340. The average molecular weight is 434 g/mol. The van der Waals surface area contributed by atoms with E-state index in [0.717, 1.165) is 57.1 Å². The number of nitrogens with one attached hydrogen (secondary N) is 2. The average Bonchev–Trinajstić information content (AvgIpc) is 3.64. The number of aliphatic imine (C=N–C) groups is 1. The highest BCUT2D eigenvalue weighted by Crippen LogP contribution is 2.38. The van der Waals surface area contributed by atoms with Crippen LogP contribution < -0.4 is 24.8 Å². The van der Waals surface area contributed by atoms with Gasteiger partial charge < -0.3 is 29.7 Å². The molecule has 1 saturated carbocycles. The number of ether oxygens (including phenoxy) is 3. The van der Waals surface area contributed by atoms with Crippen molar-refractivity contribution in [3.63, 3.8) is 0 Å². The van der Waals surface area contributed by atoms with Gasteiger partial charge in [-0.2, -0.15) is 0 Å². The zero-order valence-corrected chi connectivity index (χ0v) is 19.1. The van der Waals surface area contributed by atoms with Crippen molar-refractivity contribution in [1.82, 2.24) is 20.4 Å². The Balaban J connectivity index is 1.46. The number of nitrogens with zero attached hydrogens (tertiary/aromatic N) is 3. The molecule has 2 fully saturated rings. The molecule has 0 radical (unpaired) electrons. The smallest absolute Gasteiger partial charge is 0.223 e. The molecule has 0 aromatic heterocycles. The Morgan fingerprint density at radius 1 is 1.00 bits per heavy atom. The molecule has 1 aliphatic heterocycles. The fourth-order valence-electron chi connectivity index (χ4n) is 3.78. The molecule has 1 saturated heterocycles. The number of rotatable bonds is 9. The van der Waals surface area contributed by atoms with E-state index in [1.165, 1.54) is 0 Å². The standard InChI is InChI=1S/C22H35N5O4/c1-23-22(25-8-7-24-21(28)17-5-6-17)27-11-9-26(10-12-27)15-16-13-18(29-2)20(31-4)19(14-16)30-3/h13-14,17H,5-12,15H2,1-4H3,(H,23,25)(H,24,28). The van der Waals surface area contributed by atoms with E-state index in [1.807, 2.05) is 12.1 Å². The lowest BCUT2D eigenvalue weighted by molar-refractivity contribution is -0.122. The van der Waals surface area contributed by atoms with Gasteiger partial charge in [-0.25, -0.2) is 0 Å². The highest BCUT2D eigenvalue weighted by molar-refractivity contribution is 5.81. The lowest BCUT2D eigenvalue weighted by Gasteiger charge is -2.36. The van der Waals surface area contributed by atoms with Gasteiger partial charge >= 0.3 is 0 Å². The van der Waals surface area contributed by atoms with Gasteiger partial charge in [0.1, 0.15) is 0 Å². The Bertz CT molecular complexity index is 748. The Labute approximate surface area is 184 Å². The molecular formula is C22H35N5O4. The summed E-state index contributed by atoms with van der Waals surface area (Å²) in [5, 5.41) is 6.33. The Kier molecular flexibility index (Phi) is 8.22. The number of methoxy groups -OCH3 is 3. The molecule has 1 heterocycles. The van der Waals surface area contributed by atoms with Crippen molar-refractivity contribution >= 4 is 11.9 Å². The second-order valence-electron chi connectivity index (χ2n) is 7.84. The fraction of sp³-hybridized carbons (Fsp3) is 0.636. The third-order valence-corrected chi connectivity index (χ3v) is 5.67. The first kappa shape index (κ1) is 23.0. The molecule has 2 N–H and O–H groups in total. The predicted molar refractivity (Wildman–Crippen MR) is 120 cm³/mol. The molecule has 1 amide bonds. The molecule has 0 unspecified atom stereocenters. The van der Waals surface area contributed by atoms with Gasteiger partial charge in [-0.05, 0) is 30.5 Å². The Morgan fingerprint density at radius 2 is 1.61 bits per heavy atom. The minimum atomic E-state index is 0.178. The monoisotopic (exact) mass is 433 g/mol. The van der Waals surface area contributed by atoms with Crippen LogP contribution in [0.3, 0.4) is 0 Å². The van der Waals surface area contributed by atoms with Crippen LogP contribution >= 0.6 is 0 Å². The van der Waals surface area contributed by atoms with Crippen molar-refractivity contribution in [2.24, 2.45) is 10.9 Å². The summed E-state index contributed by atoms with van der Waals surface area (Å²) >= 11 is 0. The van der Waals surface area contributed by atoms with Crippen molar-refractivity contribution in [3.8, 4) is 17.2 Å². The summed E-state index contributed by atoms with van der Waals surface area (Å²) < 4.78 is 16.3. The van der Waals surface area contributed by atoms with Crippen molar-refractivity contribution in [3.05, 3.63) is 17.7 Å². The second-order valence-corrected chi connectivity index (χ2v) is 7.84. The summed E-state index contributed by atoms with van der Waals surface area (Å²) in [6, 6.07) is 4.01. The highest BCUT2D eigenvalue weighted by Gasteiger charge is 2.29. The van der Waals surface area contributed by atoms with E-state index in [-0.39, 0.29) is 11.8 Å². The number of hydrogen-bond acceptors (Lipinski definition) is 6. The van der Waals surface area contributed by atoms with Crippen LogP contribution in [-0.4, -0.2) is 89.3 Å². The SMILES string of the molecule is CN=C(NCCNC(=O)C1CC1)N1CCN(Cc2cc(OC)c(OC)c(OC)c2)CC1. The van der Waals surface area contributed by atoms with Crippen LogP contribution in [0.4, 0.5) is 0 Å². The maximum Gasteiger partial charge on any atom is 0.223 e. The lowest BCUT2D eigenvalue weighted by Crippen LogP contribution is -2.53. The largest absolute Gasteiger partial charge is 0.493 e. The van der Waals surface area contributed by atoms with Gasteiger partial charge in [0.05, 0.1) is 21.3 Å². The molecule has 9 heteroatoms. The Morgan fingerprint density at radius 3 is 2.13 bits per heavy atom. The molecule has 9 nitrogen and oxygen atoms in total. The predicted octanol–water partition coefficient (Wildman–Crippen LogP) is 0.932.